The molecule has 0 spiro atoms. The van der Waals surface area contributed by atoms with Crippen molar-refractivity contribution in [3.05, 3.63) is 72.9 Å². The first-order chi connectivity index (χ1) is 8.28. The van der Waals surface area contributed by atoms with Crippen LogP contribution in [0, 0.1) is 0 Å². The van der Waals surface area contributed by atoms with Crippen molar-refractivity contribution >= 4 is 0 Å². The van der Waals surface area contributed by atoms with E-state index in [1.165, 1.54) is 22.3 Å². The second kappa shape index (κ2) is 6.90. The van der Waals surface area contributed by atoms with Crippen LogP contribution in [0.2, 0.25) is 0 Å². The van der Waals surface area contributed by atoms with Crippen LogP contribution in [0.4, 0.5) is 0 Å². The molecule has 0 aromatic rings. The molecule has 1 aliphatic carbocycles. The van der Waals surface area contributed by atoms with E-state index in [0.717, 1.165) is 32.1 Å². The molecule has 0 fully saturated rings. The second-order valence-electron chi connectivity index (χ2n) is 4.31. The Morgan fingerprint density at radius 2 is 1.00 bits per heavy atom. The fraction of sp³-hybridized carbons (Fsp3) is 0.294. The molecule has 0 heteroatoms. The van der Waals surface area contributed by atoms with Gasteiger partial charge in [-0.1, -0.05) is 35.5 Å². The number of hydrogen-bond donors (Lipinski definition) is 0. The first-order valence-electron chi connectivity index (χ1n) is 6.14. The van der Waals surface area contributed by atoms with Crippen molar-refractivity contribution in [2.24, 2.45) is 0 Å². The minimum atomic E-state index is 0.951. The monoisotopic (exact) mass is 226 g/mol. The highest BCUT2D eigenvalue weighted by Gasteiger charge is 2.20. The van der Waals surface area contributed by atoms with Crippen LogP contribution in [0.1, 0.15) is 32.1 Å². The molecule has 0 aromatic carbocycles. The molecule has 1 rings (SSSR count). The van der Waals surface area contributed by atoms with Crippen molar-refractivity contribution in [1.82, 2.24) is 0 Å². The Balaban J connectivity index is 3.07. The van der Waals surface area contributed by atoms with Crippen LogP contribution in [0.15, 0.2) is 72.9 Å². The number of allylic oxidation sites excluding steroid dienone is 8. The molecule has 0 heterocycles. The summed E-state index contributed by atoms with van der Waals surface area (Å²) in [6.45, 7) is 15.4. The molecule has 0 aliphatic heterocycles. The van der Waals surface area contributed by atoms with Crippen molar-refractivity contribution in [1.29, 1.82) is 0 Å². The summed E-state index contributed by atoms with van der Waals surface area (Å²) in [6.07, 6.45) is 12.9. The average Bonchev–Trinajstić information content (AvgIpc) is 2.61. The van der Waals surface area contributed by atoms with Gasteiger partial charge in [-0.05, 0) is 43.3 Å². The maximum atomic E-state index is 3.86. The predicted molar refractivity (Wildman–Crippen MR) is 77.9 cm³/mol. The maximum Gasteiger partial charge on any atom is -0.00901 e. The van der Waals surface area contributed by atoms with Crippen LogP contribution in [0.5, 0.6) is 0 Å². The van der Waals surface area contributed by atoms with Crippen LogP contribution in [0.3, 0.4) is 0 Å². The molecule has 0 atom stereocenters. The molecule has 17 heavy (non-hydrogen) atoms. The topological polar surface area (TPSA) is 0 Å². The number of hydrogen-bond acceptors (Lipinski definition) is 0. The Kier molecular flexibility index (Phi) is 5.48. The number of rotatable bonds is 8. The molecule has 0 bridgehead atoms. The van der Waals surface area contributed by atoms with Crippen LogP contribution in [-0.4, -0.2) is 0 Å². The van der Waals surface area contributed by atoms with Crippen LogP contribution in [-0.2, 0) is 0 Å². The molecule has 0 saturated heterocycles. The SMILES string of the molecule is C=CCC1=C(CC=C)C(CC=C)=C(CC=C)C1. The normalized spacial score (nSPS) is 15.1. The standard InChI is InChI=1S/C17H22/c1-5-9-14-13-15(10-6-2)17(12-8-4)16(14)11-7-3/h5-8H,1-4,9-13H2. The van der Waals surface area contributed by atoms with Gasteiger partial charge in [-0.25, -0.2) is 0 Å². The van der Waals surface area contributed by atoms with Gasteiger partial charge >= 0.3 is 0 Å². The molecule has 0 saturated carbocycles. The van der Waals surface area contributed by atoms with Crippen LogP contribution in [0.25, 0.3) is 0 Å². The third kappa shape index (κ3) is 3.20. The summed E-state index contributed by atoms with van der Waals surface area (Å²) in [4.78, 5) is 0. The van der Waals surface area contributed by atoms with Gasteiger partial charge in [0.15, 0.2) is 0 Å². The Morgan fingerprint density at radius 1 is 0.647 bits per heavy atom. The lowest BCUT2D eigenvalue weighted by Gasteiger charge is -2.08. The third-order valence-electron chi connectivity index (χ3n) is 3.12. The van der Waals surface area contributed by atoms with Gasteiger partial charge in [0.25, 0.3) is 0 Å². The molecular weight excluding hydrogens is 204 g/mol. The molecule has 90 valence electrons. The highest BCUT2D eigenvalue weighted by Crippen LogP contribution is 2.39. The summed E-state index contributed by atoms with van der Waals surface area (Å²) in [7, 11) is 0. The Labute approximate surface area is 105 Å². The highest BCUT2D eigenvalue weighted by atomic mass is 14.3. The van der Waals surface area contributed by atoms with Gasteiger partial charge < -0.3 is 0 Å². The van der Waals surface area contributed by atoms with E-state index in [4.69, 9.17) is 0 Å². The minimum Gasteiger partial charge on any atom is -0.103 e. The zero-order valence-electron chi connectivity index (χ0n) is 10.7. The zero-order chi connectivity index (χ0) is 12.7. The van der Waals surface area contributed by atoms with Gasteiger partial charge in [-0.2, -0.15) is 0 Å². The third-order valence-corrected chi connectivity index (χ3v) is 3.12. The van der Waals surface area contributed by atoms with Gasteiger partial charge in [0.1, 0.15) is 0 Å². The van der Waals surface area contributed by atoms with E-state index in [-0.39, 0.29) is 0 Å². The second-order valence-corrected chi connectivity index (χ2v) is 4.31. The van der Waals surface area contributed by atoms with E-state index in [1.54, 1.807) is 0 Å². The highest BCUT2D eigenvalue weighted by molar-refractivity contribution is 5.50. The van der Waals surface area contributed by atoms with E-state index in [1.807, 2.05) is 24.3 Å². The zero-order valence-corrected chi connectivity index (χ0v) is 10.7. The molecule has 0 amide bonds. The average molecular weight is 226 g/mol. The largest absolute Gasteiger partial charge is 0.103 e. The summed E-state index contributed by atoms with van der Waals surface area (Å²) in [5.74, 6) is 0. The van der Waals surface area contributed by atoms with Gasteiger partial charge in [-0.15, -0.1) is 26.3 Å². The van der Waals surface area contributed by atoms with Crippen molar-refractivity contribution in [2.75, 3.05) is 0 Å². The quantitative estimate of drug-likeness (QED) is 0.493. The lowest BCUT2D eigenvalue weighted by atomic mass is 9.97. The Bertz CT molecular complexity index is 350. The first-order valence-corrected chi connectivity index (χ1v) is 6.14. The Hall–Kier alpha value is -1.56. The van der Waals surface area contributed by atoms with Gasteiger partial charge in [0.2, 0.25) is 0 Å². The summed E-state index contributed by atoms with van der Waals surface area (Å²) < 4.78 is 0. The minimum absolute atomic E-state index is 0.951. The lowest BCUT2D eigenvalue weighted by molar-refractivity contribution is 1.02. The fourth-order valence-corrected chi connectivity index (χ4v) is 2.46. The van der Waals surface area contributed by atoms with Crippen LogP contribution >= 0.6 is 0 Å². The molecular formula is C17H22. The molecule has 0 nitrogen and oxygen atoms in total. The summed E-state index contributed by atoms with van der Waals surface area (Å²) in [6, 6.07) is 0. The van der Waals surface area contributed by atoms with E-state index >= 15 is 0 Å². The van der Waals surface area contributed by atoms with E-state index < -0.39 is 0 Å². The van der Waals surface area contributed by atoms with Crippen LogP contribution < -0.4 is 0 Å². The van der Waals surface area contributed by atoms with Crippen molar-refractivity contribution in [2.45, 2.75) is 32.1 Å². The molecule has 1 aliphatic rings. The molecule has 0 unspecified atom stereocenters. The first kappa shape index (κ1) is 13.5. The van der Waals surface area contributed by atoms with E-state index in [9.17, 15) is 0 Å². The molecule has 0 aromatic heterocycles. The summed E-state index contributed by atoms with van der Waals surface area (Å²) in [5.41, 5.74) is 5.90. The lowest BCUT2D eigenvalue weighted by Crippen LogP contribution is -1.89. The molecule has 0 radical (unpaired) electrons. The van der Waals surface area contributed by atoms with Crippen molar-refractivity contribution in [3.8, 4) is 0 Å². The van der Waals surface area contributed by atoms with Gasteiger partial charge in [0, 0.05) is 0 Å². The molecule has 0 N–H and O–H groups in total. The van der Waals surface area contributed by atoms with Gasteiger partial charge in [0.05, 0.1) is 0 Å². The Morgan fingerprint density at radius 3 is 1.29 bits per heavy atom. The van der Waals surface area contributed by atoms with Crippen molar-refractivity contribution in [3.63, 3.8) is 0 Å². The smallest absolute Gasteiger partial charge is 0.00901 e. The van der Waals surface area contributed by atoms with Crippen molar-refractivity contribution < 1.29 is 0 Å². The fourth-order valence-electron chi connectivity index (χ4n) is 2.46. The predicted octanol–water partition coefficient (Wildman–Crippen LogP) is 5.29. The maximum absolute atomic E-state index is 3.86. The van der Waals surface area contributed by atoms with E-state index in [2.05, 4.69) is 26.3 Å². The van der Waals surface area contributed by atoms with Gasteiger partial charge in [-0.3, -0.25) is 0 Å². The summed E-state index contributed by atoms with van der Waals surface area (Å²) >= 11 is 0. The summed E-state index contributed by atoms with van der Waals surface area (Å²) in [5, 5.41) is 0. The van der Waals surface area contributed by atoms with E-state index in [0.29, 0.717) is 0 Å².